The molecular formula is C29H27N5O4. The summed E-state index contributed by atoms with van der Waals surface area (Å²) >= 11 is 0. The Labute approximate surface area is 219 Å². The minimum atomic E-state index is -1.03. The van der Waals surface area contributed by atoms with Crippen molar-refractivity contribution in [2.45, 2.75) is 38.1 Å². The lowest BCUT2D eigenvalue weighted by Crippen LogP contribution is -2.56. The van der Waals surface area contributed by atoms with E-state index >= 15 is 0 Å². The fourth-order valence-electron chi connectivity index (χ4n) is 4.55. The first kappa shape index (κ1) is 24.9. The number of carbonyl (C=O) groups excluding carboxylic acids is 3. The van der Waals surface area contributed by atoms with E-state index < -0.39 is 30.0 Å². The minimum Gasteiger partial charge on any atom is -0.445 e. The van der Waals surface area contributed by atoms with Gasteiger partial charge in [-0.3, -0.25) is 19.5 Å². The second-order valence-corrected chi connectivity index (χ2v) is 9.17. The Kier molecular flexibility index (Phi) is 7.26. The highest BCUT2D eigenvalue weighted by Gasteiger charge is 2.37. The van der Waals surface area contributed by atoms with Crippen LogP contribution in [0.2, 0.25) is 0 Å². The number of para-hydroxylation sites is 2. The van der Waals surface area contributed by atoms with E-state index in [1.807, 2.05) is 78.9 Å². The average molecular weight is 510 g/mol. The van der Waals surface area contributed by atoms with E-state index in [0.717, 1.165) is 22.2 Å². The van der Waals surface area contributed by atoms with E-state index in [1.54, 1.807) is 6.20 Å². The molecule has 4 aromatic rings. The van der Waals surface area contributed by atoms with Gasteiger partial charge in [0.05, 0.1) is 23.3 Å². The van der Waals surface area contributed by atoms with Crippen LogP contribution in [0.3, 0.4) is 0 Å². The van der Waals surface area contributed by atoms with Crippen LogP contribution in [-0.2, 0) is 40.3 Å². The summed E-state index contributed by atoms with van der Waals surface area (Å²) in [6.45, 7) is 0.288. The van der Waals surface area contributed by atoms with Gasteiger partial charge in [0.2, 0.25) is 11.8 Å². The van der Waals surface area contributed by atoms with Gasteiger partial charge in [0.25, 0.3) is 0 Å². The lowest BCUT2D eigenvalue weighted by atomic mass is 9.93. The van der Waals surface area contributed by atoms with Gasteiger partial charge in [-0.05, 0) is 28.8 Å². The maximum atomic E-state index is 13.5. The van der Waals surface area contributed by atoms with Crippen LogP contribution in [0.1, 0.15) is 22.4 Å². The predicted molar refractivity (Wildman–Crippen MR) is 140 cm³/mol. The largest absolute Gasteiger partial charge is 0.445 e. The molecule has 1 aliphatic rings. The number of hydrogen-bond donors (Lipinski definition) is 2. The minimum absolute atomic E-state index is 0.0701. The number of nitrogens with zero attached hydrogens (tertiary/aromatic N) is 3. The van der Waals surface area contributed by atoms with Gasteiger partial charge in [0, 0.05) is 19.0 Å². The second-order valence-electron chi connectivity index (χ2n) is 9.17. The molecule has 0 bridgehead atoms. The lowest BCUT2D eigenvalue weighted by Gasteiger charge is -2.35. The Morgan fingerprint density at radius 3 is 2.39 bits per heavy atom. The van der Waals surface area contributed by atoms with E-state index in [0.29, 0.717) is 11.2 Å². The summed E-state index contributed by atoms with van der Waals surface area (Å²) in [6, 6.07) is 22.4. The highest BCUT2D eigenvalue weighted by atomic mass is 16.6. The number of fused-ring (bicyclic) bond motifs is 2. The third kappa shape index (κ3) is 5.62. The summed E-state index contributed by atoms with van der Waals surface area (Å²) in [5.41, 5.74) is 10.3. The van der Waals surface area contributed by atoms with Gasteiger partial charge < -0.3 is 15.8 Å². The standard InChI is InChI=1S/C29H27N5O4/c30-27(35)25(15-22-16-31-23-12-6-7-13-24(23)32-22)33-28(36)26-14-20-10-4-5-11-21(20)17-34(26)29(37)38-18-19-8-2-1-3-9-19/h1-13,16,25-26H,14-15,17-18H2,(H2,30,35)(H,33,36)/t25-,26+/m1/s1. The van der Waals surface area contributed by atoms with Crippen molar-refractivity contribution in [3.8, 4) is 0 Å². The molecule has 3 amide bonds. The van der Waals surface area contributed by atoms with Gasteiger partial charge in [-0.25, -0.2) is 9.78 Å². The van der Waals surface area contributed by atoms with E-state index in [2.05, 4.69) is 15.3 Å². The average Bonchev–Trinajstić information content (AvgIpc) is 2.95. The second kappa shape index (κ2) is 11.1. The third-order valence-electron chi connectivity index (χ3n) is 6.56. The molecule has 0 radical (unpaired) electrons. The fourth-order valence-corrected chi connectivity index (χ4v) is 4.55. The number of amides is 3. The smallest absolute Gasteiger partial charge is 0.411 e. The highest BCUT2D eigenvalue weighted by molar-refractivity contribution is 5.91. The number of nitrogens with two attached hydrogens (primary N) is 1. The molecule has 5 rings (SSSR count). The summed E-state index contributed by atoms with van der Waals surface area (Å²) in [5, 5.41) is 2.74. The maximum Gasteiger partial charge on any atom is 0.411 e. The molecule has 1 aromatic heterocycles. The quantitative estimate of drug-likeness (QED) is 0.394. The molecule has 3 N–H and O–H groups in total. The van der Waals surface area contributed by atoms with Crippen LogP contribution in [-0.4, -0.2) is 44.9 Å². The first-order valence-electron chi connectivity index (χ1n) is 12.3. The van der Waals surface area contributed by atoms with Crippen LogP contribution < -0.4 is 11.1 Å². The summed E-state index contributed by atoms with van der Waals surface area (Å²) in [6.07, 6.45) is 1.30. The maximum absolute atomic E-state index is 13.5. The molecule has 3 aromatic carbocycles. The summed E-state index contributed by atoms with van der Waals surface area (Å²) in [4.78, 5) is 49.3. The van der Waals surface area contributed by atoms with Crippen molar-refractivity contribution in [2.75, 3.05) is 0 Å². The van der Waals surface area contributed by atoms with E-state index in [-0.39, 0.29) is 26.0 Å². The van der Waals surface area contributed by atoms with Crippen molar-refractivity contribution < 1.29 is 19.1 Å². The number of rotatable bonds is 7. The number of ether oxygens (including phenoxy) is 1. The summed E-state index contributed by atoms with van der Waals surface area (Å²) in [5.74, 6) is -1.20. The van der Waals surface area contributed by atoms with E-state index in [4.69, 9.17) is 10.5 Å². The summed E-state index contributed by atoms with van der Waals surface area (Å²) < 4.78 is 5.55. The van der Waals surface area contributed by atoms with Crippen LogP contribution >= 0.6 is 0 Å². The van der Waals surface area contributed by atoms with Gasteiger partial charge in [0.1, 0.15) is 18.7 Å². The molecule has 192 valence electrons. The van der Waals surface area contributed by atoms with E-state index in [9.17, 15) is 14.4 Å². The fraction of sp³-hybridized carbons (Fsp3) is 0.207. The predicted octanol–water partition coefficient (Wildman–Crippen LogP) is 2.91. The Hall–Kier alpha value is -4.79. The number of primary amides is 1. The number of nitrogens with one attached hydrogen (secondary N) is 1. The Morgan fingerprint density at radius 1 is 0.947 bits per heavy atom. The third-order valence-corrected chi connectivity index (χ3v) is 6.56. The Balaban J connectivity index is 1.34. The molecule has 0 unspecified atom stereocenters. The van der Waals surface area contributed by atoms with Gasteiger partial charge in [-0.15, -0.1) is 0 Å². The molecule has 0 spiro atoms. The van der Waals surface area contributed by atoms with Crippen LogP contribution in [0.15, 0.2) is 85.1 Å². The van der Waals surface area contributed by atoms with Crippen molar-refractivity contribution in [3.63, 3.8) is 0 Å². The number of aromatic nitrogens is 2. The van der Waals surface area contributed by atoms with E-state index in [1.165, 1.54) is 4.90 Å². The zero-order valence-electron chi connectivity index (χ0n) is 20.6. The molecule has 2 atom stereocenters. The van der Waals surface area contributed by atoms with Crippen LogP contribution in [0.5, 0.6) is 0 Å². The van der Waals surface area contributed by atoms with Crippen LogP contribution in [0.4, 0.5) is 4.79 Å². The molecule has 9 heteroatoms. The molecule has 0 fully saturated rings. The molecular weight excluding hydrogens is 482 g/mol. The normalized spacial score (nSPS) is 15.4. The van der Waals surface area contributed by atoms with Crippen molar-refractivity contribution in [1.82, 2.24) is 20.2 Å². The topological polar surface area (TPSA) is 128 Å². The van der Waals surface area contributed by atoms with Gasteiger partial charge in [0.15, 0.2) is 0 Å². The molecule has 0 saturated carbocycles. The van der Waals surface area contributed by atoms with Gasteiger partial charge in [-0.1, -0.05) is 66.7 Å². The monoisotopic (exact) mass is 509 g/mol. The van der Waals surface area contributed by atoms with Crippen molar-refractivity contribution in [2.24, 2.45) is 5.73 Å². The van der Waals surface area contributed by atoms with Crippen LogP contribution in [0, 0.1) is 0 Å². The number of carbonyl (C=O) groups is 3. The molecule has 38 heavy (non-hydrogen) atoms. The Morgan fingerprint density at radius 2 is 1.63 bits per heavy atom. The van der Waals surface area contributed by atoms with Gasteiger partial charge >= 0.3 is 6.09 Å². The van der Waals surface area contributed by atoms with Crippen molar-refractivity contribution in [1.29, 1.82) is 0 Å². The first-order valence-corrected chi connectivity index (χ1v) is 12.3. The number of hydrogen-bond acceptors (Lipinski definition) is 6. The molecule has 0 saturated heterocycles. The zero-order chi connectivity index (χ0) is 26.5. The first-order chi connectivity index (χ1) is 18.5. The van der Waals surface area contributed by atoms with Crippen molar-refractivity contribution >= 4 is 28.9 Å². The lowest BCUT2D eigenvalue weighted by molar-refractivity contribution is -0.131. The molecule has 0 aliphatic carbocycles. The molecule has 9 nitrogen and oxygen atoms in total. The Bertz CT molecular complexity index is 1480. The molecule has 1 aliphatic heterocycles. The van der Waals surface area contributed by atoms with Crippen molar-refractivity contribution in [3.05, 3.63) is 107 Å². The van der Waals surface area contributed by atoms with Gasteiger partial charge in [-0.2, -0.15) is 0 Å². The SMILES string of the molecule is NC(=O)[C@@H](Cc1cnc2ccccc2n1)NC(=O)[C@@H]1Cc2ccccc2CN1C(=O)OCc1ccccc1. The number of benzene rings is 3. The molecule has 2 heterocycles. The summed E-state index contributed by atoms with van der Waals surface area (Å²) in [7, 11) is 0. The highest BCUT2D eigenvalue weighted by Crippen LogP contribution is 2.25. The zero-order valence-corrected chi connectivity index (χ0v) is 20.6. The van der Waals surface area contributed by atoms with Crippen LogP contribution in [0.25, 0.3) is 11.0 Å².